The van der Waals surface area contributed by atoms with Crippen LogP contribution in [0.15, 0.2) is 77.8 Å². The van der Waals surface area contributed by atoms with Crippen LogP contribution < -0.4 is 11.1 Å². The summed E-state index contributed by atoms with van der Waals surface area (Å²) in [6.45, 7) is 0.316. The number of H-pyrrole nitrogens is 1. The molecular weight excluding hydrogens is 420 g/mol. The Hall–Kier alpha value is -4.59. The first-order chi connectivity index (χ1) is 16.0. The van der Waals surface area contributed by atoms with Gasteiger partial charge in [-0.05, 0) is 29.8 Å². The van der Waals surface area contributed by atoms with Crippen molar-refractivity contribution >= 4 is 34.3 Å². The summed E-state index contributed by atoms with van der Waals surface area (Å²) in [5.74, 6) is -0.521. The fourth-order valence-corrected chi connectivity index (χ4v) is 3.54. The van der Waals surface area contributed by atoms with E-state index in [9.17, 15) is 14.7 Å². The van der Waals surface area contributed by atoms with Crippen LogP contribution in [0.2, 0.25) is 0 Å². The number of hydrogen-bond acceptors (Lipinski definition) is 5. The highest BCUT2D eigenvalue weighted by molar-refractivity contribution is 6.22. The molecule has 0 radical (unpaired) electrons. The number of nitrogens with one attached hydrogen (secondary N) is 2. The van der Waals surface area contributed by atoms with Gasteiger partial charge in [-0.3, -0.25) is 0 Å². The number of esters is 1. The molecule has 8 heteroatoms. The molecule has 3 aromatic carbocycles. The minimum absolute atomic E-state index is 0.0584. The fraction of sp³-hybridized carbons (Fsp3) is 0.0800. The number of methoxy groups -OCH3 is 1. The molecule has 1 heterocycles. The van der Waals surface area contributed by atoms with Crippen molar-refractivity contribution in [2.45, 2.75) is 6.54 Å². The Morgan fingerprint density at radius 1 is 1.03 bits per heavy atom. The van der Waals surface area contributed by atoms with Gasteiger partial charge in [0.25, 0.3) is 0 Å². The van der Waals surface area contributed by atoms with Crippen molar-refractivity contribution in [3.8, 4) is 5.88 Å². The number of nitrogens with two attached hydrogens (primary N) is 1. The second-order valence-electron chi connectivity index (χ2n) is 7.31. The monoisotopic (exact) mass is 442 g/mol. The first kappa shape index (κ1) is 21.6. The first-order valence-electron chi connectivity index (χ1n) is 10.2. The number of fused-ring (bicyclic) bond motifs is 1. The van der Waals surface area contributed by atoms with Crippen molar-refractivity contribution in [3.05, 3.63) is 95.1 Å². The molecule has 0 fully saturated rings. The van der Waals surface area contributed by atoms with Gasteiger partial charge in [-0.25, -0.2) is 14.6 Å². The third-order valence-electron chi connectivity index (χ3n) is 5.13. The molecule has 4 rings (SSSR count). The van der Waals surface area contributed by atoms with Crippen LogP contribution in [0.5, 0.6) is 5.88 Å². The minimum atomic E-state index is -0.589. The molecule has 0 bridgehead atoms. The van der Waals surface area contributed by atoms with E-state index in [2.05, 4.69) is 10.3 Å². The lowest BCUT2D eigenvalue weighted by Gasteiger charge is -2.09. The highest BCUT2D eigenvalue weighted by Gasteiger charge is 2.20. The number of nitrogens with zero attached hydrogens (tertiary/aromatic N) is 1. The molecule has 2 amide bonds. The van der Waals surface area contributed by atoms with Gasteiger partial charge >= 0.3 is 12.0 Å². The number of primary amides is 1. The summed E-state index contributed by atoms with van der Waals surface area (Å²) >= 11 is 0. The Morgan fingerprint density at radius 2 is 1.76 bits per heavy atom. The zero-order valence-electron chi connectivity index (χ0n) is 17.8. The summed E-state index contributed by atoms with van der Waals surface area (Å²) in [5, 5.41) is 14.1. The largest absolute Gasteiger partial charge is 0.494 e. The molecule has 8 nitrogen and oxygen atoms in total. The number of ether oxygens (including phenoxy) is 1. The van der Waals surface area contributed by atoms with E-state index in [1.807, 2.05) is 54.6 Å². The van der Waals surface area contributed by atoms with Crippen molar-refractivity contribution in [2.24, 2.45) is 10.7 Å². The number of aromatic nitrogens is 1. The summed E-state index contributed by atoms with van der Waals surface area (Å²) in [6.07, 6.45) is 0. The lowest BCUT2D eigenvalue weighted by Crippen LogP contribution is -2.28. The maximum atomic E-state index is 11.9. The van der Waals surface area contributed by atoms with Crippen molar-refractivity contribution in [1.82, 2.24) is 10.3 Å². The van der Waals surface area contributed by atoms with Crippen molar-refractivity contribution in [2.75, 3.05) is 7.11 Å². The zero-order chi connectivity index (χ0) is 23.4. The molecular formula is C25H22N4O4. The highest BCUT2D eigenvalue weighted by atomic mass is 16.5. The van der Waals surface area contributed by atoms with Gasteiger partial charge in [-0.15, -0.1) is 0 Å². The Kier molecular flexibility index (Phi) is 6.08. The van der Waals surface area contributed by atoms with Gasteiger partial charge in [-0.1, -0.05) is 48.5 Å². The summed E-state index contributed by atoms with van der Waals surface area (Å²) < 4.78 is 4.79. The summed E-state index contributed by atoms with van der Waals surface area (Å²) in [5.41, 5.74) is 9.51. The van der Waals surface area contributed by atoms with Gasteiger partial charge < -0.3 is 25.9 Å². The molecule has 1 aromatic heterocycles. The summed E-state index contributed by atoms with van der Waals surface area (Å²) in [7, 11) is 1.32. The average Bonchev–Trinajstić information content (AvgIpc) is 3.16. The molecule has 5 N–H and O–H groups in total. The number of aromatic amines is 1. The molecule has 0 aliphatic carbocycles. The predicted molar refractivity (Wildman–Crippen MR) is 126 cm³/mol. The second kappa shape index (κ2) is 9.27. The van der Waals surface area contributed by atoms with Crippen molar-refractivity contribution < 1.29 is 19.4 Å². The van der Waals surface area contributed by atoms with Gasteiger partial charge in [-0.2, -0.15) is 0 Å². The molecule has 0 spiro atoms. The van der Waals surface area contributed by atoms with Crippen LogP contribution in [-0.4, -0.2) is 34.9 Å². The average molecular weight is 442 g/mol. The SMILES string of the molecule is COC(=O)c1ccc2c(C(=Nc3ccc(CNC(N)=O)cc3)c3ccccc3)c(O)[nH]c2c1. The van der Waals surface area contributed by atoms with Crippen LogP contribution in [0.25, 0.3) is 10.9 Å². The number of aliphatic imine (C=N–C) groups is 1. The van der Waals surface area contributed by atoms with E-state index in [-0.39, 0.29) is 5.88 Å². The van der Waals surface area contributed by atoms with Crippen molar-refractivity contribution in [3.63, 3.8) is 0 Å². The van der Waals surface area contributed by atoms with Crippen LogP contribution in [0, 0.1) is 0 Å². The Balaban J connectivity index is 1.81. The van der Waals surface area contributed by atoms with E-state index in [1.165, 1.54) is 7.11 Å². The van der Waals surface area contributed by atoms with Crippen LogP contribution >= 0.6 is 0 Å². The second-order valence-corrected chi connectivity index (χ2v) is 7.31. The Morgan fingerprint density at radius 3 is 2.42 bits per heavy atom. The van der Waals surface area contributed by atoms with Crippen LogP contribution in [0.1, 0.15) is 27.0 Å². The third-order valence-corrected chi connectivity index (χ3v) is 5.13. The molecule has 0 atom stereocenters. The van der Waals surface area contributed by atoms with Crippen molar-refractivity contribution in [1.29, 1.82) is 0 Å². The number of benzene rings is 3. The van der Waals surface area contributed by atoms with Gasteiger partial charge in [0.05, 0.1) is 29.6 Å². The fourth-order valence-electron chi connectivity index (χ4n) is 3.54. The van der Waals surface area contributed by atoms with Gasteiger partial charge in [0.15, 0.2) is 5.88 Å². The number of amides is 2. The topological polar surface area (TPSA) is 130 Å². The lowest BCUT2D eigenvalue weighted by atomic mass is 10.00. The van der Waals surface area contributed by atoms with Crippen LogP contribution in [-0.2, 0) is 11.3 Å². The molecule has 0 saturated carbocycles. The van der Waals surface area contributed by atoms with E-state index >= 15 is 0 Å². The normalized spacial score (nSPS) is 11.4. The minimum Gasteiger partial charge on any atom is -0.494 e. The van der Waals surface area contributed by atoms with E-state index < -0.39 is 12.0 Å². The number of carbonyl (C=O) groups is 2. The summed E-state index contributed by atoms with van der Waals surface area (Å²) in [4.78, 5) is 30.6. The van der Waals surface area contributed by atoms with E-state index in [0.717, 1.165) is 11.1 Å². The first-order valence-corrected chi connectivity index (χ1v) is 10.2. The van der Waals surface area contributed by atoms with Gasteiger partial charge in [0.1, 0.15) is 0 Å². The number of hydrogen-bond donors (Lipinski definition) is 4. The maximum absolute atomic E-state index is 11.9. The highest BCUT2D eigenvalue weighted by Crippen LogP contribution is 2.32. The van der Waals surface area contributed by atoms with E-state index in [0.29, 0.717) is 40.0 Å². The number of carbonyl (C=O) groups excluding carboxylic acids is 2. The zero-order valence-corrected chi connectivity index (χ0v) is 17.8. The van der Waals surface area contributed by atoms with E-state index in [4.69, 9.17) is 15.5 Å². The molecule has 0 unspecified atom stereocenters. The maximum Gasteiger partial charge on any atom is 0.337 e. The molecule has 166 valence electrons. The Labute approximate surface area is 189 Å². The third kappa shape index (κ3) is 4.69. The lowest BCUT2D eigenvalue weighted by molar-refractivity contribution is 0.0601. The molecule has 33 heavy (non-hydrogen) atoms. The van der Waals surface area contributed by atoms with Crippen LogP contribution in [0.4, 0.5) is 10.5 Å². The predicted octanol–water partition coefficient (Wildman–Crippen LogP) is 4.00. The van der Waals surface area contributed by atoms with Crippen LogP contribution in [0.3, 0.4) is 0 Å². The van der Waals surface area contributed by atoms with Gasteiger partial charge in [0.2, 0.25) is 0 Å². The number of aromatic hydroxyl groups is 1. The number of urea groups is 1. The molecule has 0 saturated heterocycles. The molecule has 0 aliphatic rings. The summed E-state index contributed by atoms with van der Waals surface area (Å²) in [6, 6.07) is 21.3. The quantitative estimate of drug-likeness (QED) is 0.266. The van der Waals surface area contributed by atoms with Gasteiger partial charge in [0, 0.05) is 23.0 Å². The molecule has 0 aliphatic heterocycles. The number of rotatable bonds is 6. The van der Waals surface area contributed by atoms with E-state index in [1.54, 1.807) is 18.2 Å². The molecule has 4 aromatic rings. The Bertz CT molecular complexity index is 1340. The smallest absolute Gasteiger partial charge is 0.337 e. The standard InChI is InChI=1S/C25H22N4O4/c1-33-24(31)17-9-12-19-20(13-17)29-23(30)21(19)22(16-5-3-2-4-6-16)28-18-10-7-15(8-11-18)14-27-25(26)32/h2-13,29-30H,14H2,1H3,(H3,26,27,32).